The first-order chi connectivity index (χ1) is 9.47. The summed E-state index contributed by atoms with van der Waals surface area (Å²) >= 11 is 0. The molecule has 1 saturated heterocycles. The van der Waals surface area contributed by atoms with Crippen molar-refractivity contribution >= 4 is 11.8 Å². The van der Waals surface area contributed by atoms with Crippen molar-refractivity contribution in [3.05, 3.63) is 29.8 Å². The van der Waals surface area contributed by atoms with Gasteiger partial charge in [-0.25, -0.2) is 0 Å². The Morgan fingerprint density at radius 3 is 2.55 bits per heavy atom. The van der Waals surface area contributed by atoms with Gasteiger partial charge in [0.2, 0.25) is 0 Å². The number of phenolic OH excluding ortho intramolecular Hbond substituents is 1. The molecule has 0 spiro atoms. The second kappa shape index (κ2) is 5.94. The molecular formula is C15H20N2O3. The van der Waals surface area contributed by atoms with Crippen LogP contribution >= 0.6 is 0 Å². The highest BCUT2D eigenvalue weighted by Gasteiger charge is 2.33. The van der Waals surface area contributed by atoms with E-state index in [0.717, 1.165) is 5.56 Å². The van der Waals surface area contributed by atoms with E-state index in [0.29, 0.717) is 25.4 Å². The molecule has 20 heavy (non-hydrogen) atoms. The van der Waals surface area contributed by atoms with Gasteiger partial charge in [-0.1, -0.05) is 26.0 Å². The SMILES string of the molecule is CC(C)CN1C(=O)C(=O)NC[C@@H]1Cc1ccc(O)cc1. The average Bonchev–Trinajstić information content (AvgIpc) is 2.40. The minimum atomic E-state index is -0.521. The van der Waals surface area contributed by atoms with E-state index in [9.17, 15) is 14.7 Å². The molecular weight excluding hydrogens is 256 g/mol. The van der Waals surface area contributed by atoms with Crippen molar-refractivity contribution in [1.82, 2.24) is 10.2 Å². The van der Waals surface area contributed by atoms with E-state index in [-0.39, 0.29) is 11.8 Å². The zero-order valence-electron chi connectivity index (χ0n) is 11.8. The van der Waals surface area contributed by atoms with Crippen molar-refractivity contribution < 1.29 is 14.7 Å². The second-order valence-electron chi connectivity index (χ2n) is 5.59. The Labute approximate surface area is 118 Å². The third kappa shape index (κ3) is 3.29. The van der Waals surface area contributed by atoms with Gasteiger partial charge in [-0.2, -0.15) is 0 Å². The van der Waals surface area contributed by atoms with E-state index in [1.807, 2.05) is 26.0 Å². The minimum absolute atomic E-state index is 0.0351. The van der Waals surface area contributed by atoms with Crippen LogP contribution in [0.3, 0.4) is 0 Å². The van der Waals surface area contributed by atoms with Crippen molar-refractivity contribution in [1.29, 1.82) is 0 Å². The maximum Gasteiger partial charge on any atom is 0.312 e. The predicted octanol–water partition coefficient (Wildman–Crippen LogP) is 0.918. The van der Waals surface area contributed by atoms with Crippen LogP contribution in [0, 0.1) is 5.92 Å². The summed E-state index contributed by atoms with van der Waals surface area (Å²) in [5.41, 5.74) is 1.03. The largest absolute Gasteiger partial charge is 0.508 e. The van der Waals surface area contributed by atoms with Crippen LogP contribution in [0.2, 0.25) is 0 Å². The molecule has 1 fully saturated rings. The number of amides is 2. The fourth-order valence-corrected chi connectivity index (χ4v) is 2.40. The quantitative estimate of drug-likeness (QED) is 0.803. The Hall–Kier alpha value is -2.04. The first-order valence-electron chi connectivity index (χ1n) is 6.84. The molecule has 5 nitrogen and oxygen atoms in total. The molecule has 1 heterocycles. The third-order valence-corrected chi connectivity index (χ3v) is 3.36. The van der Waals surface area contributed by atoms with E-state index >= 15 is 0 Å². The highest BCUT2D eigenvalue weighted by molar-refractivity contribution is 6.35. The molecule has 1 aliphatic heterocycles. The van der Waals surface area contributed by atoms with Crippen LogP contribution in [0.4, 0.5) is 0 Å². The van der Waals surface area contributed by atoms with Gasteiger partial charge in [0.05, 0.1) is 6.04 Å². The standard InChI is InChI=1S/C15H20N2O3/c1-10(2)9-17-12(8-16-14(19)15(17)20)7-11-3-5-13(18)6-4-11/h3-6,10,12,18H,7-9H2,1-2H3,(H,16,19)/t12-/m0/s1. The molecule has 1 aliphatic rings. The minimum Gasteiger partial charge on any atom is -0.508 e. The van der Waals surface area contributed by atoms with Crippen LogP contribution in [0.15, 0.2) is 24.3 Å². The van der Waals surface area contributed by atoms with E-state index in [1.54, 1.807) is 17.0 Å². The van der Waals surface area contributed by atoms with Gasteiger partial charge >= 0.3 is 11.8 Å². The smallest absolute Gasteiger partial charge is 0.312 e. The van der Waals surface area contributed by atoms with Crippen molar-refractivity contribution in [3.63, 3.8) is 0 Å². The van der Waals surface area contributed by atoms with Gasteiger partial charge in [-0.05, 0) is 30.0 Å². The van der Waals surface area contributed by atoms with Crippen LogP contribution in [-0.4, -0.2) is 41.0 Å². The van der Waals surface area contributed by atoms with Crippen molar-refractivity contribution in [3.8, 4) is 5.75 Å². The number of phenols is 1. The second-order valence-corrected chi connectivity index (χ2v) is 5.59. The lowest BCUT2D eigenvalue weighted by Crippen LogP contribution is -2.59. The van der Waals surface area contributed by atoms with Crippen LogP contribution < -0.4 is 5.32 Å². The maximum absolute atomic E-state index is 12.0. The molecule has 2 amide bonds. The van der Waals surface area contributed by atoms with Gasteiger partial charge in [0.1, 0.15) is 5.75 Å². The summed E-state index contributed by atoms with van der Waals surface area (Å²) in [7, 11) is 0. The van der Waals surface area contributed by atoms with Crippen LogP contribution in [-0.2, 0) is 16.0 Å². The van der Waals surface area contributed by atoms with Crippen LogP contribution in [0.5, 0.6) is 5.75 Å². The number of carbonyl (C=O) groups is 2. The lowest BCUT2D eigenvalue weighted by Gasteiger charge is -2.36. The summed E-state index contributed by atoms with van der Waals surface area (Å²) in [6.45, 7) is 5.10. The molecule has 1 atom stereocenters. The summed E-state index contributed by atoms with van der Waals surface area (Å²) in [5.74, 6) is -0.436. The van der Waals surface area contributed by atoms with Gasteiger partial charge < -0.3 is 15.3 Å². The van der Waals surface area contributed by atoms with Crippen molar-refractivity contribution in [2.45, 2.75) is 26.3 Å². The van der Waals surface area contributed by atoms with Gasteiger partial charge in [-0.15, -0.1) is 0 Å². The predicted molar refractivity (Wildman–Crippen MR) is 75.2 cm³/mol. The summed E-state index contributed by atoms with van der Waals surface area (Å²) in [5, 5.41) is 11.9. The molecule has 0 bridgehead atoms. The van der Waals surface area contributed by atoms with Gasteiger partial charge in [0.25, 0.3) is 0 Å². The maximum atomic E-state index is 12.0. The molecule has 0 radical (unpaired) electrons. The highest BCUT2D eigenvalue weighted by Crippen LogP contribution is 2.16. The van der Waals surface area contributed by atoms with Crippen molar-refractivity contribution in [2.24, 2.45) is 5.92 Å². The molecule has 0 aliphatic carbocycles. The average molecular weight is 276 g/mol. The molecule has 1 aromatic carbocycles. The Morgan fingerprint density at radius 2 is 1.95 bits per heavy atom. The number of aromatic hydroxyl groups is 1. The molecule has 0 unspecified atom stereocenters. The lowest BCUT2D eigenvalue weighted by atomic mass is 10.0. The zero-order valence-corrected chi connectivity index (χ0v) is 11.8. The number of carbonyl (C=O) groups excluding carboxylic acids is 2. The normalized spacial score (nSPS) is 19.4. The Morgan fingerprint density at radius 1 is 1.30 bits per heavy atom. The fourth-order valence-electron chi connectivity index (χ4n) is 2.40. The Balaban J connectivity index is 2.12. The first kappa shape index (κ1) is 14.4. The van der Waals surface area contributed by atoms with Gasteiger partial charge in [0, 0.05) is 13.1 Å². The lowest BCUT2D eigenvalue weighted by molar-refractivity contribution is -0.150. The van der Waals surface area contributed by atoms with E-state index in [4.69, 9.17) is 0 Å². The summed E-state index contributed by atoms with van der Waals surface area (Å²) < 4.78 is 0. The zero-order chi connectivity index (χ0) is 14.7. The van der Waals surface area contributed by atoms with Crippen molar-refractivity contribution in [2.75, 3.05) is 13.1 Å². The molecule has 2 N–H and O–H groups in total. The third-order valence-electron chi connectivity index (χ3n) is 3.36. The first-order valence-corrected chi connectivity index (χ1v) is 6.84. The molecule has 0 saturated carbocycles. The molecule has 108 valence electrons. The molecule has 1 aromatic rings. The summed E-state index contributed by atoms with van der Waals surface area (Å²) in [6, 6.07) is 6.90. The Kier molecular flexibility index (Phi) is 4.27. The molecule has 5 heteroatoms. The van der Waals surface area contributed by atoms with Crippen LogP contribution in [0.25, 0.3) is 0 Å². The number of piperazine rings is 1. The Bertz CT molecular complexity index is 496. The monoisotopic (exact) mass is 276 g/mol. The molecule has 2 rings (SSSR count). The molecule has 0 aromatic heterocycles. The van der Waals surface area contributed by atoms with Crippen LogP contribution in [0.1, 0.15) is 19.4 Å². The van der Waals surface area contributed by atoms with E-state index in [1.165, 1.54) is 0 Å². The van der Waals surface area contributed by atoms with Gasteiger partial charge in [0.15, 0.2) is 0 Å². The number of hydrogen-bond donors (Lipinski definition) is 2. The number of nitrogens with zero attached hydrogens (tertiary/aromatic N) is 1. The summed E-state index contributed by atoms with van der Waals surface area (Å²) in [4.78, 5) is 25.1. The number of hydrogen-bond acceptors (Lipinski definition) is 3. The number of rotatable bonds is 4. The van der Waals surface area contributed by atoms with E-state index < -0.39 is 11.8 Å². The van der Waals surface area contributed by atoms with E-state index in [2.05, 4.69) is 5.32 Å². The topological polar surface area (TPSA) is 69.6 Å². The number of benzene rings is 1. The number of nitrogens with one attached hydrogen (secondary N) is 1. The highest BCUT2D eigenvalue weighted by atomic mass is 16.3. The summed E-state index contributed by atoms with van der Waals surface area (Å²) in [6.07, 6.45) is 0.666. The fraction of sp³-hybridized carbons (Fsp3) is 0.467. The van der Waals surface area contributed by atoms with Gasteiger partial charge in [-0.3, -0.25) is 9.59 Å².